The molecular formula is C30H24N2O3. The van der Waals surface area contributed by atoms with Crippen LogP contribution in [0.2, 0.25) is 0 Å². The molecule has 35 heavy (non-hydrogen) atoms. The number of carbonyl (C=O) groups excluding carboxylic acids is 2. The Balaban J connectivity index is 1.49. The summed E-state index contributed by atoms with van der Waals surface area (Å²) in [7, 11) is 0. The summed E-state index contributed by atoms with van der Waals surface area (Å²) < 4.78 is 5.55. The topological polar surface area (TPSA) is 79.2 Å². The third kappa shape index (κ3) is 5.29. The van der Waals surface area contributed by atoms with Crippen molar-refractivity contribution in [2.45, 2.75) is 20.8 Å². The first-order chi connectivity index (χ1) is 16.9. The number of ether oxygens (including phenoxy) is 1. The number of esters is 1. The Morgan fingerprint density at radius 2 is 1.54 bits per heavy atom. The minimum atomic E-state index is -0.478. The number of aryl methyl sites for hydroxylation is 3. The maximum absolute atomic E-state index is 12.7. The van der Waals surface area contributed by atoms with Crippen molar-refractivity contribution in [3.8, 4) is 11.8 Å². The molecule has 0 unspecified atom stereocenters. The molecule has 0 heterocycles. The number of hydrogen-bond donors (Lipinski definition) is 1. The second kappa shape index (κ2) is 10.1. The van der Waals surface area contributed by atoms with Gasteiger partial charge in [-0.2, -0.15) is 5.26 Å². The van der Waals surface area contributed by atoms with Gasteiger partial charge in [-0.15, -0.1) is 0 Å². The van der Waals surface area contributed by atoms with E-state index in [1.165, 1.54) is 6.08 Å². The third-order valence-electron chi connectivity index (χ3n) is 5.69. The van der Waals surface area contributed by atoms with Crippen molar-refractivity contribution in [1.82, 2.24) is 0 Å². The molecule has 0 aromatic heterocycles. The van der Waals surface area contributed by atoms with E-state index in [1.807, 2.05) is 75.4 Å². The monoisotopic (exact) mass is 460 g/mol. The number of nitrogens with one attached hydrogen (secondary N) is 1. The van der Waals surface area contributed by atoms with E-state index >= 15 is 0 Å². The van der Waals surface area contributed by atoms with Gasteiger partial charge in [0.25, 0.3) is 5.91 Å². The van der Waals surface area contributed by atoms with Gasteiger partial charge in [0.05, 0.1) is 5.56 Å². The number of hydrogen-bond acceptors (Lipinski definition) is 4. The summed E-state index contributed by atoms with van der Waals surface area (Å²) in [5.74, 6) is -0.561. The molecule has 0 fully saturated rings. The van der Waals surface area contributed by atoms with Gasteiger partial charge in [-0.05, 0) is 72.5 Å². The van der Waals surface area contributed by atoms with E-state index < -0.39 is 11.9 Å². The van der Waals surface area contributed by atoms with Crippen molar-refractivity contribution in [1.29, 1.82) is 5.26 Å². The van der Waals surface area contributed by atoms with Crippen molar-refractivity contribution in [2.75, 3.05) is 5.32 Å². The van der Waals surface area contributed by atoms with Crippen LogP contribution in [-0.4, -0.2) is 11.9 Å². The van der Waals surface area contributed by atoms with E-state index in [0.717, 1.165) is 27.5 Å². The highest BCUT2D eigenvalue weighted by molar-refractivity contribution is 6.10. The lowest BCUT2D eigenvalue weighted by atomic mass is 10.0. The molecule has 5 nitrogen and oxygen atoms in total. The van der Waals surface area contributed by atoms with Gasteiger partial charge in [-0.3, -0.25) is 4.79 Å². The Hall–Kier alpha value is -4.69. The lowest BCUT2D eigenvalue weighted by Gasteiger charge is -2.12. The molecule has 172 valence electrons. The number of amides is 1. The molecule has 0 saturated carbocycles. The first kappa shape index (κ1) is 23.5. The van der Waals surface area contributed by atoms with Gasteiger partial charge in [0.15, 0.2) is 0 Å². The molecule has 0 aliphatic carbocycles. The second-order valence-corrected chi connectivity index (χ2v) is 8.38. The number of nitrogens with zero attached hydrogens (tertiary/aromatic N) is 1. The zero-order chi connectivity index (χ0) is 24.9. The Kier molecular flexibility index (Phi) is 6.75. The summed E-state index contributed by atoms with van der Waals surface area (Å²) in [4.78, 5) is 25.5. The number of rotatable bonds is 5. The number of nitriles is 1. The molecule has 1 N–H and O–H groups in total. The summed E-state index contributed by atoms with van der Waals surface area (Å²) >= 11 is 0. The molecule has 0 saturated heterocycles. The minimum absolute atomic E-state index is 0.0233. The number of anilines is 1. The molecule has 0 radical (unpaired) electrons. The Morgan fingerprint density at radius 1 is 0.886 bits per heavy atom. The molecule has 4 rings (SSSR count). The van der Waals surface area contributed by atoms with Crippen LogP contribution < -0.4 is 10.1 Å². The van der Waals surface area contributed by atoms with Gasteiger partial charge in [0.2, 0.25) is 0 Å². The molecule has 0 aliphatic rings. The first-order valence-electron chi connectivity index (χ1n) is 11.2. The van der Waals surface area contributed by atoms with E-state index in [2.05, 4.69) is 5.32 Å². The molecule has 0 bridgehead atoms. The zero-order valence-electron chi connectivity index (χ0n) is 19.8. The summed E-state index contributed by atoms with van der Waals surface area (Å²) in [5, 5.41) is 14.2. The Morgan fingerprint density at radius 3 is 2.23 bits per heavy atom. The van der Waals surface area contributed by atoms with Crippen molar-refractivity contribution in [3.05, 3.63) is 112 Å². The van der Waals surface area contributed by atoms with Crippen molar-refractivity contribution >= 4 is 34.4 Å². The van der Waals surface area contributed by atoms with Gasteiger partial charge >= 0.3 is 5.97 Å². The second-order valence-electron chi connectivity index (χ2n) is 8.38. The van der Waals surface area contributed by atoms with Gasteiger partial charge in [0.1, 0.15) is 17.4 Å². The van der Waals surface area contributed by atoms with Crippen LogP contribution in [0.3, 0.4) is 0 Å². The van der Waals surface area contributed by atoms with Gasteiger partial charge in [-0.1, -0.05) is 66.2 Å². The van der Waals surface area contributed by atoms with Crippen LogP contribution in [0.25, 0.3) is 16.8 Å². The molecule has 1 amide bonds. The van der Waals surface area contributed by atoms with Crippen LogP contribution in [0.1, 0.15) is 32.6 Å². The van der Waals surface area contributed by atoms with E-state index in [1.54, 1.807) is 30.3 Å². The van der Waals surface area contributed by atoms with Gasteiger partial charge in [0, 0.05) is 5.69 Å². The number of benzene rings is 4. The van der Waals surface area contributed by atoms with Crippen LogP contribution in [0.15, 0.2) is 84.4 Å². The van der Waals surface area contributed by atoms with E-state index in [0.29, 0.717) is 22.6 Å². The fraction of sp³-hybridized carbons (Fsp3) is 0.100. The summed E-state index contributed by atoms with van der Waals surface area (Å²) in [6.45, 7) is 5.84. The largest absolute Gasteiger partial charge is 0.423 e. The third-order valence-corrected chi connectivity index (χ3v) is 5.69. The molecule has 0 atom stereocenters. The summed E-state index contributed by atoms with van der Waals surface area (Å²) in [6, 6.07) is 25.7. The van der Waals surface area contributed by atoms with Crippen molar-refractivity contribution in [2.24, 2.45) is 0 Å². The Labute approximate surface area is 204 Å². The van der Waals surface area contributed by atoms with Crippen LogP contribution in [0.4, 0.5) is 5.69 Å². The van der Waals surface area contributed by atoms with E-state index in [9.17, 15) is 14.9 Å². The highest BCUT2D eigenvalue weighted by Crippen LogP contribution is 2.24. The Bertz CT molecular complexity index is 1480. The van der Waals surface area contributed by atoms with Crippen LogP contribution in [0.5, 0.6) is 5.75 Å². The fourth-order valence-corrected chi connectivity index (χ4v) is 4.07. The lowest BCUT2D eigenvalue weighted by molar-refractivity contribution is -0.112. The average Bonchev–Trinajstić information content (AvgIpc) is 2.85. The maximum atomic E-state index is 12.7. The molecule has 4 aromatic carbocycles. The maximum Gasteiger partial charge on any atom is 0.344 e. The molecule has 5 heteroatoms. The number of fused-ring (bicyclic) bond motifs is 1. The minimum Gasteiger partial charge on any atom is -0.423 e. The average molecular weight is 461 g/mol. The van der Waals surface area contributed by atoms with Gasteiger partial charge < -0.3 is 10.1 Å². The van der Waals surface area contributed by atoms with Crippen molar-refractivity contribution in [3.63, 3.8) is 0 Å². The molecule has 0 aliphatic heterocycles. The summed E-state index contributed by atoms with van der Waals surface area (Å²) in [5.41, 5.74) is 4.78. The van der Waals surface area contributed by atoms with Crippen LogP contribution >= 0.6 is 0 Å². The normalized spacial score (nSPS) is 11.1. The highest BCUT2D eigenvalue weighted by Gasteiger charge is 2.14. The predicted molar refractivity (Wildman–Crippen MR) is 138 cm³/mol. The lowest BCUT2D eigenvalue weighted by Crippen LogP contribution is -2.15. The fourth-order valence-electron chi connectivity index (χ4n) is 4.07. The predicted octanol–water partition coefficient (Wildman–Crippen LogP) is 6.53. The van der Waals surface area contributed by atoms with E-state index in [-0.39, 0.29) is 5.57 Å². The molecular weight excluding hydrogens is 436 g/mol. The SMILES string of the molecule is Cc1cc(C)c(NC(=O)/C(C#N)=C/c2ccc(OC(=O)c3cccc4ccccc34)cc2)c(C)c1. The van der Waals surface area contributed by atoms with Crippen molar-refractivity contribution < 1.29 is 14.3 Å². The molecule has 4 aromatic rings. The zero-order valence-corrected chi connectivity index (χ0v) is 19.8. The van der Waals surface area contributed by atoms with Crippen LogP contribution in [0, 0.1) is 32.1 Å². The smallest absolute Gasteiger partial charge is 0.344 e. The first-order valence-corrected chi connectivity index (χ1v) is 11.2. The standard InChI is InChI=1S/C30H24N2O3/c1-19-15-20(2)28(21(3)16-19)32-29(33)24(18-31)17-22-11-13-25(14-12-22)35-30(34)27-10-6-8-23-7-4-5-9-26(23)27/h4-17H,1-3H3,(H,32,33)/b24-17+. The quantitative estimate of drug-likeness (QED) is 0.159. The van der Waals surface area contributed by atoms with E-state index in [4.69, 9.17) is 4.74 Å². The highest BCUT2D eigenvalue weighted by atomic mass is 16.5. The van der Waals surface area contributed by atoms with Gasteiger partial charge in [-0.25, -0.2) is 4.79 Å². The number of carbonyl (C=O) groups is 2. The van der Waals surface area contributed by atoms with Crippen LogP contribution in [-0.2, 0) is 4.79 Å². The summed E-state index contributed by atoms with van der Waals surface area (Å²) in [6.07, 6.45) is 1.50. The molecule has 0 spiro atoms.